The number of fused-ring (bicyclic) bond motifs is 1. The Morgan fingerprint density at radius 1 is 1.23 bits per heavy atom. The van der Waals surface area contributed by atoms with Gasteiger partial charge in [0, 0.05) is 32.5 Å². The first-order valence-corrected chi connectivity index (χ1v) is 10.2. The molecule has 0 bridgehead atoms. The van der Waals surface area contributed by atoms with Gasteiger partial charge in [-0.1, -0.05) is 12.1 Å². The highest BCUT2D eigenvalue weighted by atomic mass is 16.4. The van der Waals surface area contributed by atoms with E-state index in [-0.39, 0.29) is 5.91 Å². The van der Waals surface area contributed by atoms with E-state index in [0.29, 0.717) is 31.2 Å². The smallest absolute Gasteiger partial charge is 0.265 e. The van der Waals surface area contributed by atoms with Crippen LogP contribution in [0.15, 0.2) is 41.1 Å². The molecule has 0 saturated heterocycles. The predicted octanol–water partition coefficient (Wildman–Crippen LogP) is 2.75. The zero-order valence-corrected chi connectivity index (χ0v) is 17.2. The summed E-state index contributed by atoms with van der Waals surface area (Å²) in [6.07, 6.45) is 3.38. The number of aromatic nitrogens is 6. The average molecular weight is 407 g/mol. The van der Waals surface area contributed by atoms with Crippen molar-refractivity contribution in [3.8, 4) is 11.6 Å². The minimum atomic E-state index is -0.0281. The molecular formula is C21H25N7O2. The first-order chi connectivity index (χ1) is 14.6. The number of nitrogens with one attached hydrogen (secondary N) is 1. The summed E-state index contributed by atoms with van der Waals surface area (Å²) in [4.78, 5) is 16.5. The highest BCUT2D eigenvalue weighted by molar-refractivity contribution is 5.76. The number of hydrogen-bond acceptors (Lipinski definition) is 6. The van der Waals surface area contributed by atoms with Crippen LogP contribution in [0.4, 0.5) is 0 Å². The predicted molar refractivity (Wildman–Crippen MR) is 112 cm³/mol. The van der Waals surface area contributed by atoms with Crippen molar-refractivity contribution in [3.05, 3.63) is 48.2 Å². The quantitative estimate of drug-likeness (QED) is 0.428. The molecule has 0 fully saturated rings. The Morgan fingerprint density at radius 3 is 2.97 bits per heavy atom. The fourth-order valence-electron chi connectivity index (χ4n) is 3.39. The van der Waals surface area contributed by atoms with E-state index in [4.69, 9.17) is 4.42 Å². The molecule has 1 aromatic carbocycles. The van der Waals surface area contributed by atoms with Crippen LogP contribution in [0.3, 0.4) is 0 Å². The van der Waals surface area contributed by atoms with Gasteiger partial charge in [0.1, 0.15) is 5.69 Å². The molecule has 0 aliphatic carbocycles. The van der Waals surface area contributed by atoms with Crippen LogP contribution in [0.25, 0.3) is 22.6 Å². The molecule has 156 valence electrons. The molecule has 0 radical (unpaired) electrons. The molecule has 3 heterocycles. The van der Waals surface area contributed by atoms with Crippen LogP contribution in [0, 0.1) is 6.92 Å². The van der Waals surface area contributed by atoms with E-state index in [1.165, 1.54) is 0 Å². The summed E-state index contributed by atoms with van der Waals surface area (Å²) in [5, 5.41) is 15.5. The number of carbonyl (C=O) groups excluding carboxylic acids is 1. The number of nitrogens with zero attached hydrogens (tertiary/aromatic N) is 6. The van der Waals surface area contributed by atoms with Crippen LogP contribution in [0.2, 0.25) is 0 Å². The van der Waals surface area contributed by atoms with Crippen molar-refractivity contribution < 1.29 is 9.21 Å². The molecule has 0 atom stereocenters. The van der Waals surface area contributed by atoms with Crippen molar-refractivity contribution in [2.45, 2.75) is 46.2 Å². The summed E-state index contributed by atoms with van der Waals surface area (Å²) in [5.41, 5.74) is 3.79. The van der Waals surface area contributed by atoms with Gasteiger partial charge in [0.25, 0.3) is 5.89 Å². The monoisotopic (exact) mass is 407 g/mol. The summed E-state index contributed by atoms with van der Waals surface area (Å²) < 4.78 is 9.64. The van der Waals surface area contributed by atoms with E-state index in [0.717, 1.165) is 41.9 Å². The Labute approximate surface area is 174 Å². The van der Waals surface area contributed by atoms with Gasteiger partial charge in [0.05, 0.1) is 23.1 Å². The Morgan fingerprint density at radius 2 is 2.10 bits per heavy atom. The third kappa shape index (κ3) is 4.40. The first kappa shape index (κ1) is 19.8. The summed E-state index contributed by atoms with van der Waals surface area (Å²) in [6, 6.07) is 9.94. The minimum absolute atomic E-state index is 0.0281. The molecule has 1 N–H and O–H groups in total. The second-order valence-corrected chi connectivity index (χ2v) is 7.12. The molecule has 9 nitrogen and oxygen atoms in total. The second-order valence-electron chi connectivity index (χ2n) is 7.12. The van der Waals surface area contributed by atoms with Gasteiger partial charge in [-0.25, -0.2) is 4.98 Å². The van der Waals surface area contributed by atoms with E-state index < -0.39 is 0 Å². The highest BCUT2D eigenvalue weighted by Gasteiger charge is 2.15. The normalized spacial score (nSPS) is 11.3. The number of carbonyl (C=O) groups is 1. The van der Waals surface area contributed by atoms with Gasteiger partial charge >= 0.3 is 0 Å². The molecule has 4 aromatic rings. The lowest BCUT2D eigenvalue weighted by Crippen LogP contribution is -2.25. The summed E-state index contributed by atoms with van der Waals surface area (Å²) >= 11 is 0. The van der Waals surface area contributed by atoms with Crippen molar-refractivity contribution in [1.29, 1.82) is 0 Å². The van der Waals surface area contributed by atoms with E-state index in [9.17, 15) is 4.79 Å². The fourth-order valence-corrected chi connectivity index (χ4v) is 3.39. The van der Waals surface area contributed by atoms with Crippen LogP contribution < -0.4 is 5.32 Å². The van der Waals surface area contributed by atoms with E-state index in [1.807, 2.05) is 55.2 Å². The summed E-state index contributed by atoms with van der Waals surface area (Å²) in [7, 11) is 0. The Hall–Kier alpha value is -3.49. The minimum Gasteiger partial charge on any atom is -0.419 e. The number of imidazole rings is 1. The van der Waals surface area contributed by atoms with Gasteiger partial charge in [-0.3, -0.25) is 9.48 Å². The number of benzene rings is 1. The molecule has 1 amide bonds. The molecule has 0 saturated carbocycles. The molecule has 0 aliphatic rings. The van der Waals surface area contributed by atoms with Crippen LogP contribution in [-0.4, -0.2) is 42.0 Å². The van der Waals surface area contributed by atoms with Crippen molar-refractivity contribution >= 4 is 16.9 Å². The van der Waals surface area contributed by atoms with Crippen LogP contribution >= 0.6 is 0 Å². The zero-order chi connectivity index (χ0) is 20.9. The maximum Gasteiger partial charge on any atom is 0.265 e. The molecule has 0 spiro atoms. The van der Waals surface area contributed by atoms with Gasteiger partial charge in [0.15, 0.2) is 0 Å². The average Bonchev–Trinajstić information content (AvgIpc) is 3.47. The first-order valence-electron chi connectivity index (χ1n) is 10.2. The number of aryl methyl sites for hydroxylation is 4. The lowest BCUT2D eigenvalue weighted by molar-refractivity contribution is -0.121. The largest absolute Gasteiger partial charge is 0.419 e. The molecule has 0 aliphatic heterocycles. The van der Waals surface area contributed by atoms with Gasteiger partial charge in [0.2, 0.25) is 11.8 Å². The van der Waals surface area contributed by atoms with Gasteiger partial charge in [-0.2, -0.15) is 5.10 Å². The number of amides is 1. The number of rotatable bonds is 9. The Balaban J connectivity index is 1.22. The topological polar surface area (TPSA) is 104 Å². The third-order valence-corrected chi connectivity index (χ3v) is 4.88. The van der Waals surface area contributed by atoms with E-state index >= 15 is 0 Å². The van der Waals surface area contributed by atoms with Crippen LogP contribution in [0.1, 0.15) is 31.4 Å². The van der Waals surface area contributed by atoms with Gasteiger partial charge < -0.3 is 14.3 Å². The molecule has 3 aromatic heterocycles. The van der Waals surface area contributed by atoms with Gasteiger partial charge in [-0.05, 0) is 38.5 Å². The zero-order valence-electron chi connectivity index (χ0n) is 17.2. The summed E-state index contributed by atoms with van der Waals surface area (Å²) in [6.45, 7) is 6.06. The number of hydrogen-bond donors (Lipinski definition) is 1. The SMILES string of the molecule is CCn1nc(C)cc1-c1nnc(CCC(=O)NCCCn2cnc3ccccc32)o1. The van der Waals surface area contributed by atoms with Crippen LogP contribution in [0.5, 0.6) is 0 Å². The van der Waals surface area contributed by atoms with Crippen molar-refractivity contribution in [2.75, 3.05) is 6.54 Å². The lowest BCUT2D eigenvalue weighted by Gasteiger charge is -2.06. The summed E-state index contributed by atoms with van der Waals surface area (Å²) in [5.74, 6) is 0.853. The van der Waals surface area contributed by atoms with E-state index in [1.54, 1.807) is 0 Å². The van der Waals surface area contributed by atoms with Gasteiger partial charge in [-0.15, -0.1) is 10.2 Å². The van der Waals surface area contributed by atoms with Crippen LogP contribution in [-0.2, 0) is 24.3 Å². The molecule has 30 heavy (non-hydrogen) atoms. The Kier molecular flexibility index (Phi) is 5.87. The maximum atomic E-state index is 12.1. The molecule has 0 unspecified atom stereocenters. The van der Waals surface area contributed by atoms with Crippen molar-refractivity contribution in [2.24, 2.45) is 0 Å². The standard InChI is InChI=1S/C21H25N7O2/c1-3-28-18(13-15(2)26-28)21-25-24-20(30-21)10-9-19(29)22-11-6-12-27-14-23-16-7-4-5-8-17(16)27/h4-5,7-8,13-14H,3,6,9-12H2,1-2H3,(H,22,29). The van der Waals surface area contributed by atoms with Crippen molar-refractivity contribution in [3.63, 3.8) is 0 Å². The fraction of sp³-hybridized carbons (Fsp3) is 0.381. The third-order valence-electron chi connectivity index (χ3n) is 4.88. The molecule has 4 rings (SSSR count). The number of para-hydroxylation sites is 2. The maximum absolute atomic E-state index is 12.1. The van der Waals surface area contributed by atoms with E-state index in [2.05, 4.69) is 30.2 Å². The molecule has 9 heteroatoms. The second kappa shape index (κ2) is 8.89. The Bertz CT molecular complexity index is 1140. The highest BCUT2D eigenvalue weighted by Crippen LogP contribution is 2.19. The lowest BCUT2D eigenvalue weighted by atomic mass is 10.3. The van der Waals surface area contributed by atoms with Crippen molar-refractivity contribution in [1.82, 2.24) is 34.8 Å². The molecular weight excluding hydrogens is 382 g/mol.